The molecule has 0 radical (unpaired) electrons. The van der Waals surface area contributed by atoms with Crippen molar-refractivity contribution in [2.45, 2.75) is 38.1 Å². The summed E-state index contributed by atoms with van der Waals surface area (Å²) in [4.78, 5) is 31.1. The van der Waals surface area contributed by atoms with Crippen molar-refractivity contribution in [2.24, 2.45) is 10.9 Å². The first-order valence-corrected chi connectivity index (χ1v) is 9.43. The molecule has 140 valence electrons. The number of urea groups is 1. The van der Waals surface area contributed by atoms with Crippen LogP contribution in [0.2, 0.25) is 0 Å². The molecule has 3 aliphatic rings. The van der Waals surface area contributed by atoms with Crippen LogP contribution >= 0.6 is 0 Å². The van der Waals surface area contributed by atoms with Gasteiger partial charge >= 0.3 is 6.03 Å². The number of hydrogen-bond acceptors (Lipinski definition) is 4. The molecule has 2 heterocycles. The molecule has 3 rings (SSSR count). The molecule has 8 heteroatoms. The third-order valence-electron chi connectivity index (χ3n) is 5.39. The highest BCUT2D eigenvalue weighted by atomic mass is 16.2. The third-order valence-corrected chi connectivity index (χ3v) is 5.39. The van der Waals surface area contributed by atoms with Gasteiger partial charge in [0.05, 0.1) is 6.54 Å². The van der Waals surface area contributed by atoms with Crippen LogP contribution in [0.25, 0.3) is 0 Å². The second kappa shape index (κ2) is 8.51. The van der Waals surface area contributed by atoms with Crippen LogP contribution in [-0.4, -0.2) is 80.1 Å². The van der Waals surface area contributed by atoms with E-state index in [0.29, 0.717) is 19.1 Å². The standard InChI is InChI=1S/C17H30N6O2/c1-18-16(19-7-9-23-15(24)10-20-17(23)25)21-14-6-8-22(12-14)11-13-4-2-3-5-13/h13-14H,2-12H2,1H3,(H,20,25)(H2,18,19,21). The van der Waals surface area contributed by atoms with Gasteiger partial charge in [0.15, 0.2) is 5.96 Å². The van der Waals surface area contributed by atoms with Crippen molar-refractivity contribution >= 4 is 17.9 Å². The quantitative estimate of drug-likeness (QED) is 0.356. The van der Waals surface area contributed by atoms with Crippen LogP contribution in [0.3, 0.4) is 0 Å². The molecule has 2 saturated heterocycles. The summed E-state index contributed by atoms with van der Waals surface area (Å²) >= 11 is 0. The molecule has 0 spiro atoms. The Kier molecular flexibility index (Phi) is 6.12. The fraction of sp³-hybridized carbons (Fsp3) is 0.824. The normalized spacial score (nSPS) is 25.7. The largest absolute Gasteiger partial charge is 0.355 e. The summed E-state index contributed by atoms with van der Waals surface area (Å²) in [5, 5.41) is 9.18. The van der Waals surface area contributed by atoms with Gasteiger partial charge in [0.2, 0.25) is 5.91 Å². The highest BCUT2D eigenvalue weighted by Gasteiger charge is 2.28. The molecule has 3 N–H and O–H groups in total. The lowest BCUT2D eigenvalue weighted by atomic mass is 10.1. The van der Waals surface area contributed by atoms with E-state index in [9.17, 15) is 9.59 Å². The number of aliphatic imine (C=N–C) groups is 1. The lowest BCUT2D eigenvalue weighted by Crippen LogP contribution is -2.47. The molecule has 25 heavy (non-hydrogen) atoms. The fourth-order valence-electron chi connectivity index (χ4n) is 4.03. The molecular weight excluding hydrogens is 320 g/mol. The van der Waals surface area contributed by atoms with Crippen LogP contribution in [0.4, 0.5) is 4.79 Å². The molecule has 0 aromatic heterocycles. The summed E-state index contributed by atoms with van der Waals surface area (Å²) in [5.74, 6) is 1.45. The molecule has 1 saturated carbocycles. The van der Waals surface area contributed by atoms with Crippen molar-refractivity contribution in [3.63, 3.8) is 0 Å². The Morgan fingerprint density at radius 1 is 1.28 bits per heavy atom. The first kappa shape index (κ1) is 18.0. The van der Waals surface area contributed by atoms with E-state index < -0.39 is 0 Å². The lowest BCUT2D eigenvalue weighted by Gasteiger charge is -2.21. The molecule has 0 aromatic rings. The van der Waals surface area contributed by atoms with Gasteiger partial charge in [-0.15, -0.1) is 0 Å². The monoisotopic (exact) mass is 350 g/mol. The minimum absolute atomic E-state index is 0.102. The van der Waals surface area contributed by atoms with Gasteiger partial charge in [-0.05, 0) is 25.2 Å². The minimum Gasteiger partial charge on any atom is -0.355 e. The molecule has 3 amide bonds. The number of hydrogen-bond donors (Lipinski definition) is 3. The second-order valence-electron chi connectivity index (χ2n) is 7.24. The zero-order valence-corrected chi connectivity index (χ0v) is 15.1. The Morgan fingerprint density at radius 2 is 2.08 bits per heavy atom. The van der Waals surface area contributed by atoms with Crippen molar-refractivity contribution in [1.82, 2.24) is 25.8 Å². The van der Waals surface area contributed by atoms with Crippen LogP contribution in [0.15, 0.2) is 4.99 Å². The molecule has 0 aromatic carbocycles. The van der Waals surface area contributed by atoms with Crippen LogP contribution in [0.5, 0.6) is 0 Å². The molecule has 1 unspecified atom stereocenters. The summed E-state index contributed by atoms with van der Waals surface area (Å²) in [6.45, 7) is 4.39. The van der Waals surface area contributed by atoms with E-state index in [-0.39, 0.29) is 18.5 Å². The summed E-state index contributed by atoms with van der Waals surface area (Å²) < 4.78 is 0. The van der Waals surface area contributed by atoms with Gasteiger partial charge in [-0.3, -0.25) is 14.7 Å². The summed E-state index contributed by atoms with van der Waals surface area (Å²) in [6.07, 6.45) is 6.70. The Balaban J connectivity index is 1.36. The molecule has 8 nitrogen and oxygen atoms in total. The summed E-state index contributed by atoms with van der Waals surface area (Å²) in [5.41, 5.74) is 0. The number of imide groups is 1. The van der Waals surface area contributed by atoms with Crippen molar-refractivity contribution in [3.8, 4) is 0 Å². The van der Waals surface area contributed by atoms with Crippen molar-refractivity contribution in [2.75, 3.05) is 46.3 Å². The fourth-order valence-corrected chi connectivity index (χ4v) is 4.03. The van der Waals surface area contributed by atoms with Crippen LogP contribution in [0, 0.1) is 5.92 Å². The predicted molar refractivity (Wildman–Crippen MR) is 96.4 cm³/mol. The highest BCUT2D eigenvalue weighted by molar-refractivity contribution is 6.01. The number of nitrogens with one attached hydrogen (secondary N) is 3. The molecular formula is C17H30N6O2. The van der Waals surface area contributed by atoms with E-state index in [1.54, 1.807) is 7.05 Å². The van der Waals surface area contributed by atoms with E-state index in [0.717, 1.165) is 31.4 Å². The molecule has 2 aliphatic heterocycles. The Bertz CT molecular complexity index is 501. The van der Waals surface area contributed by atoms with Crippen molar-refractivity contribution in [3.05, 3.63) is 0 Å². The van der Waals surface area contributed by atoms with Gasteiger partial charge in [0.25, 0.3) is 0 Å². The van der Waals surface area contributed by atoms with Crippen LogP contribution in [-0.2, 0) is 4.79 Å². The maximum Gasteiger partial charge on any atom is 0.324 e. The van der Waals surface area contributed by atoms with Crippen LogP contribution in [0.1, 0.15) is 32.1 Å². The number of carbonyl (C=O) groups is 2. The zero-order chi connectivity index (χ0) is 17.6. The molecule has 3 fully saturated rings. The van der Waals surface area contributed by atoms with Crippen LogP contribution < -0.4 is 16.0 Å². The van der Waals surface area contributed by atoms with Crippen molar-refractivity contribution < 1.29 is 9.59 Å². The smallest absolute Gasteiger partial charge is 0.324 e. The van der Waals surface area contributed by atoms with E-state index in [2.05, 4.69) is 25.8 Å². The van der Waals surface area contributed by atoms with E-state index in [4.69, 9.17) is 0 Å². The SMILES string of the molecule is CN=C(NCCN1C(=O)CNC1=O)NC1CCN(CC2CCCC2)C1. The molecule has 1 aliphatic carbocycles. The molecule has 0 bridgehead atoms. The van der Waals surface area contributed by atoms with Gasteiger partial charge in [-0.2, -0.15) is 0 Å². The number of likely N-dealkylation sites (tertiary alicyclic amines) is 1. The lowest BCUT2D eigenvalue weighted by molar-refractivity contribution is -0.124. The Hall–Kier alpha value is -1.83. The van der Waals surface area contributed by atoms with Gasteiger partial charge < -0.3 is 20.9 Å². The number of guanidine groups is 1. The minimum atomic E-state index is -0.312. The van der Waals surface area contributed by atoms with Crippen molar-refractivity contribution in [1.29, 1.82) is 0 Å². The topological polar surface area (TPSA) is 89.1 Å². The van der Waals surface area contributed by atoms with Gasteiger partial charge in [0.1, 0.15) is 0 Å². The number of nitrogens with zero attached hydrogens (tertiary/aromatic N) is 3. The van der Waals surface area contributed by atoms with E-state index in [1.807, 2.05) is 0 Å². The number of amides is 3. The third kappa shape index (κ3) is 4.84. The Labute approximate surface area is 149 Å². The highest BCUT2D eigenvalue weighted by Crippen LogP contribution is 2.26. The summed E-state index contributed by atoms with van der Waals surface area (Å²) in [7, 11) is 1.74. The maximum absolute atomic E-state index is 11.6. The second-order valence-corrected chi connectivity index (χ2v) is 7.24. The zero-order valence-electron chi connectivity index (χ0n) is 15.1. The predicted octanol–water partition coefficient (Wildman–Crippen LogP) is -0.0323. The van der Waals surface area contributed by atoms with Gasteiger partial charge in [-0.1, -0.05) is 12.8 Å². The number of rotatable bonds is 6. The van der Waals surface area contributed by atoms with Gasteiger partial charge in [0, 0.05) is 45.8 Å². The Morgan fingerprint density at radius 3 is 2.76 bits per heavy atom. The van der Waals surface area contributed by atoms with E-state index in [1.165, 1.54) is 37.1 Å². The average Bonchev–Trinajstić information content (AvgIpc) is 3.33. The first-order chi connectivity index (χ1) is 12.2. The average molecular weight is 350 g/mol. The summed E-state index contributed by atoms with van der Waals surface area (Å²) in [6, 6.07) is 0.0948. The maximum atomic E-state index is 11.6. The van der Waals surface area contributed by atoms with Gasteiger partial charge in [-0.25, -0.2) is 4.79 Å². The first-order valence-electron chi connectivity index (χ1n) is 9.43. The number of carbonyl (C=O) groups excluding carboxylic acids is 2. The van der Waals surface area contributed by atoms with E-state index >= 15 is 0 Å². The molecule has 1 atom stereocenters.